The normalized spacial score (nSPS) is 12.2. The van der Waals surface area contributed by atoms with Gasteiger partial charge in [-0.2, -0.15) is 0 Å². The fourth-order valence-electron chi connectivity index (χ4n) is 0.738. The van der Waals surface area contributed by atoms with E-state index >= 15 is 0 Å². The molecular formula is C8H15NO3. The van der Waals surface area contributed by atoms with Crippen LogP contribution in [0.25, 0.3) is 0 Å². The summed E-state index contributed by atoms with van der Waals surface area (Å²) in [4.78, 5) is 9.96. The van der Waals surface area contributed by atoms with Crippen LogP contribution in [0.4, 0.5) is 4.79 Å². The summed E-state index contributed by atoms with van der Waals surface area (Å²) in [5, 5.41) is 15.2. The predicted molar refractivity (Wildman–Crippen MR) is 45.5 cm³/mol. The number of rotatable bonds is 4. The zero-order valence-electron chi connectivity index (χ0n) is 7.46. The molecular weight excluding hydrogens is 158 g/mol. The first-order valence-corrected chi connectivity index (χ1v) is 4.04. The summed E-state index contributed by atoms with van der Waals surface area (Å²) in [6, 6.07) is 0. The maximum absolute atomic E-state index is 9.96. The lowest BCUT2D eigenvalue weighted by molar-refractivity contribution is 0.138. The van der Waals surface area contributed by atoms with E-state index in [0.29, 0.717) is 12.3 Å². The molecule has 0 aliphatic rings. The van der Waals surface area contributed by atoms with Crippen LogP contribution < -0.4 is 0 Å². The Labute approximate surface area is 72.0 Å². The van der Waals surface area contributed by atoms with E-state index in [4.69, 9.17) is 10.5 Å². The van der Waals surface area contributed by atoms with Crippen LogP contribution in [0.1, 0.15) is 33.1 Å². The Balaban J connectivity index is 3.50. The molecule has 0 aromatic rings. The van der Waals surface area contributed by atoms with Crippen molar-refractivity contribution in [3.8, 4) is 0 Å². The fourth-order valence-corrected chi connectivity index (χ4v) is 0.738. The molecule has 0 amide bonds. The molecule has 0 heterocycles. The van der Waals surface area contributed by atoms with Gasteiger partial charge in [0.25, 0.3) is 0 Å². The van der Waals surface area contributed by atoms with E-state index in [-0.39, 0.29) is 5.90 Å². The van der Waals surface area contributed by atoms with Crippen molar-refractivity contribution in [2.45, 2.75) is 33.1 Å². The largest absolute Gasteiger partial charge is 0.512 e. The summed E-state index contributed by atoms with van der Waals surface area (Å²) in [6.45, 7) is 4.13. The second-order valence-electron chi connectivity index (χ2n) is 2.84. The number of hydrogen-bond acceptors (Lipinski definition) is 3. The van der Waals surface area contributed by atoms with E-state index in [2.05, 4.69) is 18.6 Å². The number of ether oxygens (including phenoxy) is 1. The third-order valence-electron chi connectivity index (χ3n) is 1.77. The number of carboxylic acid groups (broad SMARTS) is 1. The van der Waals surface area contributed by atoms with Gasteiger partial charge in [-0.25, -0.2) is 4.79 Å². The summed E-state index contributed by atoms with van der Waals surface area (Å²) >= 11 is 0. The zero-order valence-corrected chi connectivity index (χ0v) is 7.46. The molecule has 4 nitrogen and oxygen atoms in total. The minimum Gasteiger partial charge on any atom is -0.449 e. The summed E-state index contributed by atoms with van der Waals surface area (Å²) in [5.74, 6) is 0.352. The smallest absolute Gasteiger partial charge is 0.449 e. The van der Waals surface area contributed by atoms with Crippen LogP contribution in [0.3, 0.4) is 0 Å². The van der Waals surface area contributed by atoms with Crippen molar-refractivity contribution in [2.75, 3.05) is 0 Å². The summed E-state index contributed by atoms with van der Waals surface area (Å²) < 4.78 is 4.15. The Hall–Kier alpha value is -1.06. The highest BCUT2D eigenvalue weighted by molar-refractivity contribution is 5.82. The highest BCUT2D eigenvalue weighted by Gasteiger charge is 2.06. The van der Waals surface area contributed by atoms with Gasteiger partial charge in [0.1, 0.15) is 0 Å². The summed E-state index contributed by atoms with van der Waals surface area (Å²) in [6.07, 6.45) is 0.855. The second-order valence-corrected chi connectivity index (χ2v) is 2.84. The van der Waals surface area contributed by atoms with Crippen molar-refractivity contribution >= 4 is 12.1 Å². The Morgan fingerprint density at radius 3 is 2.67 bits per heavy atom. The predicted octanol–water partition coefficient (Wildman–Crippen LogP) is 2.48. The molecule has 0 aromatic heterocycles. The monoisotopic (exact) mass is 173 g/mol. The van der Waals surface area contributed by atoms with Gasteiger partial charge in [-0.15, -0.1) is 0 Å². The topological polar surface area (TPSA) is 70.4 Å². The molecule has 0 rings (SSSR count). The number of nitrogens with one attached hydrogen (secondary N) is 1. The first-order chi connectivity index (χ1) is 5.56. The van der Waals surface area contributed by atoms with Crippen LogP contribution >= 0.6 is 0 Å². The van der Waals surface area contributed by atoms with E-state index < -0.39 is 6.16 Å². The molecule has 0 unspecified atom stereocenters. The van der Waals surface area contributed by atoms with Gasteiger partial charge >= 0.3 is 6.16 Å². The first-order valence-electron chi connectivity index (χ1n) is 4.04. The lowest BCUT2D eigenvalue weighted by Crippen LogP contribution is -2.09. The van der Waals surface area contributed by atoms with Gasteiger partial charge in [-0.05, 0) is 12.3 Å². The second kappa shape index (κ2) is 5.57. The third kappa shape index (κ3) is 5.70. The van der Waals surface area contributed by atoms with E-state index in [1.165, 1.54) is 0 Å². The maximum atomic E-state index is 9.96. The molecule has 12 heavy (non-hydrogen) atoms. The van der Waals surface area contributed by atoms with Crippen LogP contribution in [-0.2, 0) is 4.74 Å². The van der Waals surface area contributed by atoms with Crippen LogP contribution in [0, 0.1) is 11.3 Å². The average Bonchev–Trinajstić information content (AvgIpc) is 1.99. The van der Waals surface area contributed by atoms with Crippen LogP contribution in [0.5, 0.6) is 0 Å². The lowest BCUT2D eigenvalue weighted by Gasteiger charge is -2.07. The fraction of sp³-hybridized carbons (Fsp3) is 0.750. The van der Waals surface area contributed by atoms with Gasteiger partial charge in [0, 0.05) is 6.42 Å². The number of hydrogen-bond donors (Lipinski definition) is 2. The molecule has 0 fully saturated rings. The standard InChI is InChI=1S/C8H15NO3/c1-3-6(2)4-5-7(9)12-8(10)11/h6,9H,3-5H2,1-2H3,(H,10,11)/t6-/m0/s1. The van der Waals surface area contributed by atoms with Crippen LogP contribution in [0.15, 0.2) is 0 Å². The van der Waals surface area contributed by atoms with Crippen molar-refractivity contribution in [1.29, 1.82) is 5.41 Å². The SMILES string of the molecule is CC[C@H](C)CCC(=N)OC(=O)O. The molecule has 0 aliphatic carbocycles. The molecule has 0 saturated carbocycles. The molecule has 70 valence electrons. The zero-order chi connectivity index (χ0) is 9.56. The highest BCUT2D eigenvalue weighted by Crippen LogP contribution is 2.09. The van der Waals surface area contributed by atoms with Crippen molar-refractivity contribution in [3.63, 3.8) is 0 Å². The third-order valence-corrected chi connectivity index (χ3v) is 1.77. The Bertz CT molecular complexity index is 168. The van der Waals surface area contributed by atoms with Crippen molar-refractivity contribution in [2.24, 2.45) is 5.92 Å². The molecule has 0 radical (unpaired) electrons. The maximum Gasteiger partial charge on any atom is 0.512 e. The molecule has 0 bridgehead atoms. The molecule has 0 aromatic carbocycles. The van der Waals surface area contributed by atoms with Gasteiger partial charge in [0.05, 0.1) is 0 Å². The van der Waals surface area contributed by atoms with E-state index in [1.807, 2.05) is 0 Å². The van der Waals surface area contributed by atoms with Crippen molar-refractivity contribution in [3.05, 3.63) is 0 Å². The summed E-state index contributed by atoms with van der Waals surface area (Å²) in [7, 11) is 0. The van der Waals surface area contributed by atoms with Gasteiger partial charge in [0.15, 0.2) is 5.90 Å². The van der Waals surface area contributed by atoms with Gasteiger partial charge in [-0.3, -0.25) is 5.41 Å². The lowest BCUT2D eigenvalue weighted by atomic mass is 10.0. The molecule has 4 heteroatoms. The Morgan fingerprint density at radius 2 is 2.25 bits per heavy atom. The average molecular weight is 173 g/mol. The quantitative estimate of drug-likeness (QED) is 0.389. The van der Waals surface area contributed by atoms with Gasteiger partial charge in [-0.1, -0.05) is 20.3 Å². The van der Waals surface area contributed by atoms with Crippen LogP contribution in [-0.4, -0.2) is 17.2 Å². The minimum atomic E-state index is -1.40. The molecule has 0 spiro atoms. The minimum absolute atomic E-state index is 0.164. The molecule has 1 atom stereocenters. The van der Waals surface area contributed by atoms with Crippen LogP contribution in [0.2, 0.25) is 0 Å². The van der Waals surface area contributed by atoms with Crippen molar-refractivity contribution in [1.82, 2.24) is 0 Å². The summed E-state index contributed by atoms with van der Waals surface area (Å²) in [5.41, 5.74) is 0. The van der Waals surface area contributed by atoms with E-state index in [0.717, 1.165) is 12.8 Å². The Kier molecular flexibility index (Phi) is 5.08. The number of carbonyl (C=O) groups is 1. The molecule has 0 aliphatic heterocycles. The van der Waals surface area contributed by atoms with E-state index in [9.17, 15) is 4.79 Å². The van der Waals surface area contributed by atoms with Crippen molar-refractivity contribution < 1.29 is 14.6 Å². The molecule has 0 saturated heterocycles. The van der Waals surface area contributed by atoms with E-state index in [1.54, 1.807) is 0 Å². The molecule has 2 N–H and O–H groups in total. The van der Waals surface area contributed by atoms with Gasteiger partial charge < -0.3 is 9.84 Å². The Morgan fingerprint density at radius 1 is 1.67 bits per heavy atom. The highest BCUT2D eigenvalue weighted by atomic mass is 16.7. The first kappa shape index (κ1) is 10.9. The van der Waals surface area contributed by atoms with Gasteiger partial charge in [0.2, 0.25) is 0 Å².